The van der Waals surface area contributed by atoms with Crippen LogP contribution in [0.2, 0.25) is 0 Å². The van der Waals surface area contributed by atoms with Crippen LogP contribution in [0.3, 0.4) is 0 Å². The lowest BCUT2D eigenvalue weighted by Crippen LogP contribution is -2.57. The number of rotatable bonds is 10. The van der Waals surface area contributed by atoms with Gasteiger partial charge in [0.05, 0.1) is 24.0 Å². The predicted molar refractivity (Wildman–Crippen MR) is 121 cm³/mol. The summed E-state index contributed by atoms with van der Waals surface area (Å²) >= 11 is 0. The van der Waals surface area contributed by atoms with E-state index >= 15 is 0 Å². The zero-order valence-corrected chi connectivity index (χ0v) is 19.7. The maximum atomic E-state index is 13.9. The van der Waals surface area contributed by atoms with E-state index in [4.69, 9.17) is 4.74 Å². The molecule has 3 saturated heterocycles. The van der Waals surface area contributed by atoms with Crippen LogP contribution in [0.1, 0.15) is 40.0 Å². The van der Waals surface area contributed by atoms with E-state index in [1.807, 2.05) is 20.8 Å². The van der Waals surface area contributed by atoms with E-state index in [0.29, 0.717) is 32.4 Å². The molecule has 3 rings (SSSR count). The molecule has 2 bridgehead atoms. The zero-order chi connectivity index (χ0) is 23.8. The van der Waals surface area contributed by atoms with Gasteiger partial charge in [-0.3, -0.25) is 14.4 Å². The number of fused-ring (bicyclic) bond motifs is 1. The number of hydrogen-bond donors (Lipinski definition) is 1. The van der Waals surface area contributed by atoms with Gasteiger partial charge in [-0.05, 0) is 33.1 Å². The first-order chi connectivity index (χ1) is 15.2. The van der Waals surface area contributed by atoms with Crippen LogP contribution in [0, 0.1) is 11.8 Å². The number of amides is 3. The van der Waals surface area contributed by atoms with Crippen LogP contribution in [0.5, 0.6) is 0 Å². The number of carbonyl (C=O) groups excluding carboxylic acids is 3. The van der Waals surface area contributed by atoms with Crippen LogP contribution >= 0.6 is 0 Å². The van der Waals surface area contributed by atoms with Gasteiger partial charge in [-0.1, -0.05) is 19.1 Å². The molecule has 5 atom stereocenters. The topological polar surface area (TPSA) is 90.4 Å². The summed E-state index contributed by atoms with van der Waals surface area (Å²) in [5.41, 5.74) is -1.83. The summed E-state index contributed by atoms with van der Waals surface area (Å²) < 4.78 is 6.68. The summed E-state index contributed by atoms with van der Waals surface area (Å²) in [7, 11) is 1.70. The molecule has 3 aliphatic heterocycles. The van der Waals surface area contributed by atoms with E-state index in [1.165, 1.54) is 4.90 Å². The van der Waals surface area contributed by atoms with E-state index in [0.717, 1.165) is 0 Å². The SMILES string of the molecule is C=CCN(C)C(=O)[C@@H]1[C@H]2C(=O)N(CCO)C(C(=O)N(CC=C)C(C)C)C23CC[C@@]1(CC)O3. The zero-order valence-electron chi connectivity index (χ0n) is 19.7. The maximum Gasteiger partial charge on any atom is 0.248 e. The molecule has 8 heteroatoms. The molecule has 8 nitrogen and oxygen atoms in total. The van der Waals surface area contributed by atoms with Crippen LogP contribution in [-0.4, -0.2) is 94.1 Å². The number of nitrogens with zero attached hydrogens (tertiary/aromatic N) is 3. The summed E-state index contributed by atoms with van der Waals surface area (Å²) in [6, 6.07) is -0.970. The number of hydrogen-bond acceptors (Lipinski definition) is 5. The van der Waals surface area contributed by atoms with Gasteiger partial charge in [-0.25, -0.2) is 0 Å². The lowest BCUT2D eigenvalue weighted by molar-refractivity contribution is -0.155. The third-order valence-corrected chi connectivity index (χ3v) is 7.53. The van der Waals surface area contributed by atoms with Crippen molar-refractivity contribution in [2.45, 2.75) is 63.3 Å². The molecule has 0 aromatic carbocycles. The predicted octanol–water partition coefficient (Wildman–Crippen LogP) is 1.20. The molecule has 32 heavy (non-hydrogen) atoms. The second-order valence-electron chi connectivity index (χ2n) is 9.47. The molecule has 2 unspecified atom stereocenters. The van der Waals surface area contributed by atoms with E-state index in [1.54, 1.807) is 29.0 Å². The fourth-order valence-corrected chi connectivity index (χ4v) is 6.09. The normalized spacial score (nSPS) is 32.9. The monoisotopic (exact) mass is 447 g/mol. The fraction of sp³-hybridized carbons (Fsp3) is 0.708. The fourth-order valence-electron chi connectivity index (χ4n) is 6.09. The molecule has 178 valence electrons. The summed E-state index contributed by atoms with van der Waals surface area (Å²) in [5.74, 6) is -2.06. The lowest BCUT2D eigenvalue weighted by atomic mass is 9.64. The number of likely N-dealkylation sites (tertiary alicyclic amines) is 1. The summed E-state index contributed by atoms with van der Waals surface area (Å²) in [4.78, 5) is 45.8. The Hall–Kier alpha value is -2.19. The summed E-state index contributed by atoms with van der Waals surface area (Å²) in [5, 5.41) is 9.69. The third kappa shape index (κ3) is 3.39. The minimum absolute atomic E-state index is 0.0272. The molecule has 0 aromatic rings. The van der Waals surface area contributed by atoms with Gasteiger partial charge in [-0.15, -0.1) is 13.2 Å². The van der Waals surface area contributed by atoms with Crippen LogP contribution in [0.25, 0.3) is 0 Å². The Labute approximate surface area is 190 Å². The van der Waals surface area contributed by atoms with Gasteiger partial charge >= 0.3 is 0 Å². The van der Waals surface area contributed by atoms with Crippen molar-refractivity contribution in [2.75, 3.05) is 33.3 Å². The maximum absolute atomic E-state index is 13.9. The Kier molecular flexibility index (Phi) is 6.86. The van der Waals surface area contributed by atoms with Crippen LogP contribution in [0.4, 0.5) is 0 Å². The number of β-amino-alcohol motifs (C(OH)–C–C–N with tert-alkyl or cyclic N) is 1. The van der Waals surface area contributed by atoms with Crippen molar-refractivity contribution in [3.8, 4) is 0 Å². The molecular weight excluding hydrogens is 410 g/mol. The van der Waals surface area contributed by atoms with Crippen LogP contribution < -0.4 is 0 Å². The van der Waals surface area contributed by atoms with E-state index in [9.17, 15) is 19.5 Å². The van der Waals surface area contributed by atoms with E-state index in [-0.39, 0.29) is 36.9 Å². The number of likely N-dealkylation sites (N-methyl/N-ethyl adjacent to an activating group) is 1. The quantitative estimate of drug-likeness (QED) is 0.508. The van der Waals surface area contributed by atoms with Gasteiger partial charge in [0.1, 0.15) is 11.6 Å². The first-order valence-corrected chi connectivity index (χ1v) is 11.5. The standard InChI is InChI=1S/C24H37N3O5/c1-7-12-25(6)20(29)17-18-21(30)27(14-15-28)19(22(31)26(13-8-2)16(4)5)24(18)11-10-23(17,9-3)32-24/h7-8,16-19,28H,1-2,9-15H2,3-6H3/t17-,18-,19?,23+,24?/m0/s1. The molecule has 0 saturated carbocycles. The number of aliphatic hydroxyl groups excluding tert-OH is 1. The highest BCUT2D eigenvalue weighted by atomic mass is 16.5. The molecule has 0 aromatic heterocycles. The summed E-state index contributed by atoms with van der Waals surface area (Å²) in [6.07, 6.45) is 5.04. The highest BCUT2D eigenvalue weighted by Gasteiger charge is 2.78. The van der Waals surface area contributed by atoms with Crippen molar-refractivity contribution in [1.82, 2.24) is 14.7 Å². The smallest absolute Gasteiger partial charge is 0.248 e. The van der Waals surface area contributed by atoms with Crippen molar-refractivity contribution < 1.29 is 24.2 Å². The molecule has 1 N–H and O–H groups in total. The van der Waals surface area contributed by atoms with Gasteiger partial charge in [0.15, 0.2) is 0 Å². The summed E-state index contributed by atoms with van der Waals surface area (Å²) in [6.45, 7) is 13.8. The Balaban J connectivity index is 2.11. The van der Waals surface area contributed by atoms with Crippen LogP contribution in [-0.2, 0) is 19.1 Å². The average molecular weight is 448 g/mol. The van der Waals surface area contributed by atoms with Crippen LogP contribution in [0.15, 0.2) is 25.3 Å². The number of ether oxygens (including phenoxy) is 1. The van der Waals surface area contributed by atoms with Crippen molar-refractivity contribution in [3.05, 3.63) is 25.3 Å². The van der Waals surface area contributed by atoms with Crippen molar-refractivity contribution >= 4 is 17.7 Å². The van der Waals surface area contributed by atoms with Gasteiger partial charge < -0.3 is 24.5 Å². The minimum Gasteiger partial charge on any atom is -0.395 e. The molecule has 3 amide bonds. The Bertz CT molecular complexity index is 799. The first-order valence-electron chi connectivity index (χ1n) is 11.5. The molecule has 3 aliphatic rings. The van der Waals surface area contributed by atoms with Crippen molar-refractivity contribution in [2.24, 2.45) is 11.8 Å². The first kappa shape index (κ1) is 24.5. The Morgan fingerprint density at radius 3 is 2.44 bits per heavy atom. The minimum atomic E-state index is -1.07. The molecule has 1 spiro atoms. The number of aliphatic hydroxyl groups is 1. The van der Waals surface area contributed by atoms with Gasteiger partial charge in [0, 0.05) is 32.7 Å². The Morgan fingerprint density at radius 2 is 1.91 bits per heavy atom. The van der Waals surface area contributed by atoms with Gasteiger partial charge in [0.25, 0.3) is 0 Å². The van der Waals surface area contributed by atoms with E-state index < -0.39 is 29.1 Å². The highest BCUT2D eigenvalue weighted by Crippen LogP contribution is 2.64. The number of carbonyl (C=O) groups is 3. The van der Waals surface area contributed by atoms with Crippen molar-refractivity contribution in [1.29, 1.82) is 0 Å². The highest BCUT2D eigenvalue weighted by molar-refractivity contribution is 5.99. The van der Waals surface area contributed by atoms with Crippen molar-refractivity contribution in [3.63, 3.8) is 0 Å². The van der Waals surface area contributed by atoms with E-state index in [2.05, 4.69) is 13.2 Å². The third-order valence-electron chi connectivity index (χ3n) is 7.53. The Morgan fingerprint density at radius 1 is 1.25 bits per heavy atom. The second-order valence-corrected chi connectivity index (χ2v) is 9.47. The second kappa shape index (κ2) is 8.98. The van der Waals surface area contributed by atoms with Gasteiger partial charge in [0.2, 0.25) is 17.7 Å². The average Bonchev–Trinajstić information content (AvgIpc) is 3.35. The largest absolute Gasteiger partial charge is 0.395 e. The molecule has 0 radical (unpaired) electrons. The molecule has 3 heterocycles. The molecule has 3 fully saturated rings. The lowest BCUT2D eigenvalue weighted by Gasteiger charge is -2.38. The van der Waals surface area contributed by atoms with Gasteiger partial charge in [-0.2, -0.15) is 0 Å². The molecule has 0 aliphatic carbocycles. The molecular formula is C24H37N3O5.